The monoisotopic (exact) mass is 363 g/mol. The maximum Gasteiger partial charge on any atom is 0.354 e. The molecule has 0 radical (unpaired) electrons. The van der Waals surface area contributed by atoms with Crippen molar-refractivity contribution in [3.8, 4) is 17.6 Å². The summed E-state index contributed by atoms with van der Waals surface area (Å²) in [4.78, 5) is 12.5. The van der Waals surface area contributed by atoms with E-state index in [0.29, 0.717) is 12.4 Å². The number of hydrogen-bond acceptors (Lipinski definition) is 4. The van der Waals surface area contributed by atoms with Crippen molar-refractivity contribution in [2.45, 2.75) is 39.5 Å². The molecule has 0 heterocycles. The van der Waals surface area contributed by atoms with Gasteiger partial charge in [0, 0.05) is 5.56 Å². The van der Waals surface area contributed by atoms with E-state index in [9.17, 15) is 10.1 Å². The second-order valence-electron chi connectivity index (χ2n) is 7.22. The van der Waals surface area contributed by atoms with Gasteiger partial charge in [0.15, 0.2) is 0 Å². The lowest BCUT2D eigenvalue weighted by Crippen LogP contribution is -2.17. The Kier molecular flexibility index (Phi) is 6.79. The van der Waals surface area contributed by atoms with Crippen LogP contribution in [0.4, 0.5) is 0 Å². The second-order valence-corrected chi connectivity index (χ2v) is 7.22. The number of esters is 1. The third kappa shape index (κ3) is 5.72. The normalized spacial score (nSPS) is 11.6. The van der Waals surface area contributed by atoms with Gasteiger partial charge in [0.25, 0.3) is 0 Å². The van der Waals surface area contributed by atoms with Gasteiger partial charge in [-0.15, -0.1) is 0 Å². The van der Waals surface area contributed by atoms with Crippen LogP contribution in [0.2, 0.25) is 0 Å². The summed E-state index contributed by atoms with van der Waals surface area (Å²) in [5.74, 6) is 0.564. The van der Waals surface area contributed by atoms with Gasteiger partial charge >= 0.3 is 5.97 Å². The Hall–Kier alpha value is -3.06. The van der Waals surface area contributed by atoms with Gasteiger partial charge in [-0.25, -0.2) is 4.79 Å². The van der Waals surface area contributed by atoms with Crippen molar-refractivity contribution in [2.75, 3.05) is 6.61 Å². The molecule has 0 amide bonds. The summed E-state index contributed by atoms with van der Waals surface area (Å²) in [6, 6.07) is 16.6. The van der Waals surface area contributed by atoms with Gasteiger partial charge in [-0.1, -0.05) is 58.0 Å². The number of nitriles is 1. The first-order valence-corrected chi connectivity index (χ1v) is 9.01. The first-order chi connectivity index (χ1) is 12.8. The maximum absolute atomic E-state index is 12.5. The molecule has 0 aliphatic rings. The lowest BCUT2D eigenvalue weighted by Gasteiger charge is -2.21. The Labute approximate surface area is 161 Å². The predicted molar refractivity (Wildman–Crippen MR) is 107 cm³/mol. The summed E-state index contributed by atoms with van der Waals surface area (Å²) >= 11 is 0. The Morgan fingerprint density at radius 3 is 2.37 bits per heavy atom. The number of benzene rings is 2. The molecule has 4 nitrogen and oxygen atoms in total. The SMILES string of the molecule is CCCOc1ccc(C=C(C#N)C(=O)Oc2ccccc2C(C)(C)C)cc1. The summed E-state index contributed by atoms with van der Waals surface area (Å²) in [5, 5.41) is 9.39. The number of carbonyl (C=O) groups excluding carboxylic acids is 1. The van der Waals surface area contributed by atoms with Crippen molar-refractivity contribution >= 4 is 12.0 Å². The summed E-state index contributed by atoms with van der Waals surface area (Å²) in [6.07, 6.45) is 2.45. The summed E-state index contributed by atoms with van der Waals surface area (Å²) < 4.78 is 11.1. The van der Waals surface area contributed by atoms with E-state index < -0.39 is 5.97 Å². The summed E-state index contributed by atoms with van der Waals surface area (Å²) in [5.41, 5.74) is 1.41. The molecule has 4 heteroatoms. The Bertz CT molecular complexity index is 852. The Morgan fingerprint density at radius 2 is 1.78 bits per heavy atom. The molecule has 0 aromatic heterocycles. The second kappa shape index (κ2) is 9.05. The van der Waals surface area contributed by atoms with Crippen molar-refractivity contribution in [3.63, 3.8) is 0 Å². The van der Waals surface area contributed by atoms with Gasteiger partial charge in [0.05, 0.1) is 6.61 Å². The number of para-hydroxylation sites is 1. The third-order valence-corrected chi connectivity index (χ3v) is 3.90. The lowest BCUT2D eigenvalue weighted by atomic mass is 9.86. The average molecular weight is 363 g/mol. The Morgan fingerprint density at radius 1 is 1.11 bits per heavy atom. The van der Waals surface area contributed by atoms with E-state index in [0.717, 1.165) is 23.3 Å². The molecule has 2 aromatic rings. The standard InChI is InChI=1S/C23H25NO3/c1-5-14-26-19-12-10-17(11-13-19)15-18(16-24)22(25)27-21-9-7-6-8-20(21)23(2,3)4/h6-13,15H,5,14H2,1-4H3. The molecule has 0 bridgehead atoms. The summed E-state index contributed by atoms with van der Waals surface area (Å²) in [7, 11) is 0. The van der Waals surface area contributed by atoms with Crippen LogP contribution in [0.25, 0.3) is 6.08 Å². The Balaban J connectivity index is 2.19. The lowest BCUT2D eigenvalue weighted by molar-refractivity contribution is -0.129. The minimum Gasteiger partial charge on any atom is -0.494 e. The van der Waals surface area contributed by atoms with Gasteiger partial charge in [0.1, 0.15) is 23.1 Å². The largest absolute Gasteiger partial charge is 0.494 e. The molecule has 0 unspecified atom stereocenters. The van der Waals surface area contributed by atoms with Crippen molar-refractivity contribution in [1.82, 2.24) is 0 Å². The zero-order chi connectivity index (χ0) is 19.9. The number of ether oxygens (including phenoxy) is 2. The molecule has 0 atom stereocenters. The molecular weight excluding hydrogens is 338 g/mol. The molecule has 0 fully saturated rings. The van der Waals surface area contributed by atoms with Crippen LogP contribution in [0.15, 0.2) is 54.1 Å². The highest BCUT2D eigenvalue weighted by Crippen LogP contribution is 2.31. The number of carbonyl (C=O) groups is 1. The van der Waals surface area contributed by atoms with Gasteiger partial charge in [-0.05, 0) is 41.7 Å². The smallest absolute Gasteiger partial charge is 0.354 e. The third-order valence-electron chi connectivity index (χ3n) is 3.90. The van der Waals surface area contributed by atoms with Crippen LogP contribution in [0.3, 0.4) is 0 Å². The van der Waals surface area contributed by atoms with Crippen LogP contribution in [0.1, 0.15) is 45.2 Å². The summed E-state index contributed by atoms with van der Waals surface area (Å²) in [6.45, 7) is 8.83. The first-order valence-electron chi connectivity index (χ1n) is 9.01. The molecule has 140 valence electrons. The quantitative estimate of drug-likeness (QED) is 0.303. The molecular formula is C23H25NO3. The van der Waals surface area contributed by atoms with Crippen molar-refractivity contribution in [1.29, 1.82) is 5.26 Å². The fourth-order valence-corrected chi connectivity index (χ4v) is 2.51. The van der Waals surface area contributed by atoms with E-state index in [1.807, 2.05) is 64.1 Å². The fourth-order valence-electron chi connectivity index (χ4n) is 2.51. The van der Waals surface area contributed by atoms with Gasteiger partial charge in [0.2, 0.25) is 0 Å². The van der Waals surface area contributed by atoms with E-state index >= 15 is 0 Å². The van der Waals surface area contributed by atoms with E-state index in [-0.39, 0.29) is 11.0 Å². The molecule has 2 aromatic carbocycles. The van der Waals surface area contributed by atoms with E-state index in [1.165, 1.54) is 6.08 Å². The maximum atomic E-state index is 12.5. The number of hydrogen-bond donors (Lipinski definition) is 0. The highest BCUT2D eigenvalue weighted by atomic mass is 16.5. The van der Waals surface area contributed by atoms with Gasteiger partial charge < -0.3 is 9.47 Å². The highest BCUT2D eigenvalue weighted by molar-refractivity contribution is 5.99. The molecule has 0 saturated carbocycles. The van der Waals surface area contributed by atoms with Crippen molar-refractivity contribution in [2.24, 2.45) is 0 Å². The van der Waals surface area contributed by atoms with E-state index in [2.05, 4.69) is 0 Å². The zero-order valence-corrected chi connectivity index (χ0v) is 16.3. The van der Waals surface area contributed by atoms with Crippen LogP contribution in [-0.4, -0.2) is 12.6 Å². The average Bonchev–Trinajstić information content (AvgIpc) is 2.64. The van der Waals surface area contributed by atoms with Gasteiger partial charge in [-0.3, -0.25) is 0 Å². The molecule has 0 saturated heterocycles. The zero-order valence-electron chi connectivity index (χ0n) is 16.3. The molecule has 0 N–H and O–H groups in total. The number of rotatable bonds is 6. The molecule has 27 heavy (non-hydrogen) atoms. The topological polar surface area (TPSA) is 59.3 Å². The molecule has 2 rings (SSSR count). The van der Waals surface area contributed by atoms with Crippen LogP contribution in [-0.2, 0) is 10.2 Å². The van der Waals surface area contributed by atoms with E-state index in [4.69, 9.17) is 9.47 Å². The minimum atomic E-state index is -0.666. The first kappa shape index (κ1) is 20.3. The minimum absolute atomic E-state index is 0.0547. The van der Waals surface area contributed by atoms with Crippen LogP contribution < -0.4 is 9.47 Å². The number of nitrogens with zero attached hydrogens (tertiary/aromatic N) is 1. The van der Waals surface area contributed by atoms with Crippen LogP contribution in [0, 0.1) is 11.3 Å². The fraction of sp³-hybridized carbons (Fsp3) is 0.304. The van der Waals surface area contributed by atoms with Crippen LogP contribution in [0.5, 0.6) is 11.5 Å². The highest BCUT2D eigenvalue weighted by Gasteiger charge is 2.21. The van der Waals surface area contributed by atoms with Gasteiger partial charge in [-0.2, -0.15) is 5.26 Å². The molecule has 0 aliphatic carbocycles. The van der Waals surface area contributed by atoms with Crippen LogP contribution >= 0.6 is 0 Å². The van der Waals surface area contributed by atoms with Crippen molar-refractivity contribution < 1.29 is 14.3 Å². The molecule has 0 spiro atoms. The van der Waals surface area contributed by atoms with E-state index in [1.54, 1.807) is 18.2 Å². The van der Waals surface area contributed by atoms with Crippen molar-refractivity contribution in [3.05, 3.63) is 65.2 Å². The molecule has 0 aliphatic heterocycles. The predicted octanol–water partition coefficient (Wildman–Crippen LogP) is 5.29.